The fourth-order valence-electron chi connectivity index (χ4n) is 2.52. The van der Waals surface area contributed by atoms with Crippen LogP contribution in [-0.4, -0.2) is 5.11 Å². The molecule has 1 unspecified atom stereocenters. The van der Waals surface area contributed by atoms with E-state index in [9.17, 15) is 5.11 Å². The molecule has 0 radical (unpaired) electrons. The van der Waals surface area contributed by atoms with Crippen LogP contribution in [0.3, 0.4) is 0 Å². The van der Waals surface area contributed by atoms with E-state index >= 15 is 0 Å². The molecule has 1 atom stereocenters. The van der Waals surface area contributed by atoms with Crippen molar-refractivity contribution in [2.45, 2.75) is 38.1 Å². The number of rotatable bonds is 2. The van der Waals surface area contributed by atoms with Crippen LogP contribution in [0.2, 0.25) is 0 Å². The maximum atomic E-state index is 9.73. The van der Waals surface area contributed by atoms with E-state index in [-0.39, 0.29) is 6.04 Å². The van der Waals surface area contributed by atoms with Gasteiger partial charge >= 0.3 is 0 Å². The van der Waals surface area contributed by atoms with E-state index in [4.69, 9.17) is 5.73 Å². The second kappa shape index (κ2) is 4.67. The zero-order valence-electron chi connectivity index (χ0n) is 9.02. The van der Waals surface area contributed by atoms with Crippen molar-refractivity contribution in [2.24, 2.45) is 11.7 Å². The second-order valence-corrected chi connectivity index (χ2v) is 4.48. The van der Waals surface area contributed by atoms with Gasteiger partial charge in [0.15, 0.2) is 0 Å². The summed E-state index contributed by atoms with van der Waals surface area (Å²) in [5.41, 5.74) is 7.12. The molecule has 1 aliphatic carbocycles. The standard InChI is InChI=1S/C13H19NO/c14-13(10-6-2-1-3-7-10)11-8-4-5-9-12(11)15/h4-5,8-10,13,15H,1-3,6-7,14H2. The molecule has 1 saturated carbocycles. The molecule has 2 heteroatoms. The molecule has 0 bridgehead atoms. The van der Waals surface area contributed by atoms with Gasteiger partial charge in [-0.05, 0) is 24.8 Å². The van der Waals surface area contributed by atoms with Gasteiger partial charge in [0, 0.05) is 11.6 Å². The van der Waals surface area contributed by atoms with Crippen LogP contribution in [0.15, 0.2) is 24.3 Å². The molecule has 15 heavy (non-hydrogen) atoms. The van der Waals surface area contributed by atoms with Crippen molar-refractivity contribution in [3.05, 3.63) is 29.8 Å². The lowest BCUT2D eigenvalue weighted by atomic mass is 9.81. The predicted octanol–water partition coefficient (Wildman–Crippen LogP) is 2.97. The Morgan fingerprint density at radius 3 is 2.47 bits per heavy atom. The number of nitrogens with two attached hydrogens (primary N) is 1. The SMILES string of the molecule is NC(c1ccccc1O)C1CCCCC1. The van der Waals surface area contributed by atoms with E-state index in [0.717, 1.165) is 5.56 Å². The first-order chi connectivity index (χ1) is 7.29. The largest absolute Gasteiger partial charge is 0.508 e. The number of phenolic OH excluding ortho intramolecular Hbond substituents is 1. The maximum absolute atomic E-state index is 9.73. The maximum Gasteiger partial charge on any atom is 0.120 e. The van der Waals surface area contributed by atoms with Gasteiger partial charge in [-0.2, -0.15) is 0 Å². The van der Waals surface area contributed by atoms with Gasteiger partial charge in [0.1, 0.15) is 5.75 Å². The highest BCUT2D eigenvalue weighted by Gasteiger charge is 2.23. The Labute approximate surface area is 91.1 Å². The first-order valence-electron chi connectivity index (χ1n) is 5.82. The Morgan fingerprint density at radius 1 is 1.13 bits per heavy atom. The lowest BCUT2D eigenvalue weighted by molar-refractivity contribution is 0.303. The van der Waals surface area contributed by atoms with Gasteiger partial charge in [0.2, 0.25) is 0 Å². The molecule has 0 heterocycles. The topological polar surface area (TPSA) is 46.2 Å². The number of aromatic hydroxyl groups is 1. The van der Waals surface area contributed by atoms with Gasteiger partial charge in [0.05, 0.1) is 0 Å². The quantitative estimate of drug-likeness (QED) is 0.779. The van der Waals surface area contributed by atoms with E-state index in [1.54, 1.807) is 6.07 Å². The first-order valence-corrected chi connectivity index (χ1v) is 5.82. The Kier molecular flexibility index (Phi) is 3.27. The first kappa shape index (κ1) is 10.5. The third-order valence-electron chi connectivity index (χ3n) is 3.45. The third-order valence-corrected chi connectivity index (χ3v) is 3.45. The summed E-state index contributed by atoms with van der Waals surface area (Å²) >= 11 is 0. The zero-order chi connectivity index (χ0) is 10.7. The van der Waals surface area contributed by atoms with Crippen molar-refractivity contribution in [1.82, 2.24) is 0 Å². The van der Waals surface area contributed by atoms with E-state index < -0.39 is 0 Å². The van der Waals surface area contributed by atoms with Crippen molar-refractivity contribution in [3.63, 3.8) is 0 Å². The Balaban J connectivity index is 2.12. The normalized spacial score (nSPS) is 20.1. The monoisotopic (exact) mass is 205 g/mol. The van der Waals surface area contributed by atoms with Crippen molar-refractivity contribution < 1.29 is 5.11 Å². The molecule has 2 rings (SSSR count). The molecule has 2 nitrogen and oxygen atoms in total. The van der Waals surface area contributed by atoms with Crippen molar-refractivity contribution in [2.75, 3.05) is 0 Å². The van der Waals surface area contributed by atoms with Crippen LogP contribution < -0.4 is 5.73 Å². The summed E-state index contributed by atoms with van der Waals surface area (Å²) in [6, 6.07) is 7.45. The number of para-hydroxylation sites is 1. The molecule has 0 amide bonds. The van der Waals surface area contributed by atoms with Crippen LogP contribution >= 0.6 is 0 Å². The highest BCUT2D eigenvalue weighted by molar-refractivity contribution is 5.34. The molecule has 0 aliphatic heterocycles. The lowest BCUT2D eigenvalue weighted by Gasteiger charge is -2.28. The number of hydrogen-bond acceptors (Lipinski definition) is 2. The summed E-state index contributed by atoms with van der Waals surface area (Å²) in [4.78, 5) is 0. The Bertz CT molecular complexity index is 318. The molecule has 1 fully saturated rings. The van der Waals surface area contributed by atoms with Crippen LogP contribution in [0.4, 0.5) is 0 Å². The number of hydrogen-bond donors (Lipinski definition) is 2. The Morgan fingerprint density at radius 2 is 1.80 bits per heavy atom. The smallest absolute Gasteiger partial charge is 0.120 e. The summed E-state index contributed by atoms with van der Waals surface area (Å²) in [6.45, 7) is 0. The summed E-state index contributed by atoms with van der Waals surface area (Å²) in [6.07, 6.45) is 6.31. The molecule has 3 N–H and O–H groups in total. The molecule has 0 saturated heterocycles. The highest BCUT2D eigenvalue weighted by atomic mass is 16.3. The molecule has 0 aromatic heterocycles. The van der Waals surface area contributed by atoms with Crippen LogP contribution in [0.5, 0.6) is 5.75 Å². The van der Waals surface area contributed by atoms with E-state index in [1.807, 2.05) is 18.2 Å². The van der Waals surface area contributed by atoms with Crippen LogP contribution in [0.1, 0.15) is 43.7 Å². The van der Waals surface area contributed by atoms with Crippen LogP contribution in [-0.2, 0) is 0 Å². The predicted molar refractivity (Wildman–Crippen MR) is 61.6 cm³/mol. The van der Waals surface area contributed by atoms with Crippen molar-refractivity contribution >= 4 is 0 Å². The van der Waals surface area contributed by atoms with Gasteiger partial charge in [-0.1, -0.05) is 37.5 Å². The third kappa shape index (κ3) is 2.32. The minimum atomic E-state index is 0.00602. The fourth-order valence-corrected chi connectivity index (χ4v) is 2.52. The van der Waals surface area contributed by atoms with Crippen LogP contribution in [0, 0.1) is 5.92 Å². The lowest BCUT2D eigenvalue weighted by Crippen LogP contribution is -2.23. The fraction of sp³-hybridized carbons (Fsp3) is 0.538. The average Bonchev–Trinajstić information content (AvgIpc) is 2.30. The number of benzene rings is 1. The van der Waals surface area contributed by atoms with Gasteiger partial charge in [-0.15, -0.1) is 0 Å². The van der Waals surface area contributed by atoms with Gasteiger partial charge in [-0.25, -0.2) is 0 Å². The molecule has 0 spiro atoms. The summed E-state index contributed by atoms with van der Waals surface area (Å²) in [7, 11) is 0. The highest BCUT2D eigenvalue weighted by Crippen LogP contribution is 2.35. The molecule has 82 valence electrons. The van der Waals surface area contributed by atoms with Gasteiger partial charge in [-0.3, -0.25) is 0 Å². The summed E-state index contributed by atoms with van der Waals surface area (Å²) in [5, 5.41) is 9.73. The zero-order valence-corrected chi connectivity index (χ0v) is 9.02. The van der Waals surface area contributed by atoms with Crippen molar-refractivity contribution in [3.8, 4) is 5.75 Å². The summed E-state index contributed by atoms with van der Waals surface area (Å²) in [5.74, 6) is 0.891. The molecule has 1 aromatic carbocycles. The minimum Gasteiger partial charge on any atom is -0.508 e. The minimum absolute atomic E-state index is 0.00602. The van der Waals surface area contributed by atoms with E-state index in [2.05, 4.69) is 0 Å². The van der Waals surface area contributed by atoms with E-state index in [1.165, 1.54) is 32.1 Å². The molecule has 1 aromatic rings. The Hall–Kier alpha value is -1.02. The van der Waals surface area contributed by atoms with E-state index in [0.29, 0.717) is 11.7 Å². The summed E-state index contributed by atoms with van der Waals surface area (Å²) < 4.78 is 0. The molecular formula is C13H19NO. The average molecular weight is 205 g/mol. The molecule has 1 aliphatic rings. The second-order valence-electron chi connectivity index (χ2n) is 4.48. The number of phenols is 1. The van der Waals surface area contributed by atoms with Crippen LogP contribution in [0.25, 0.3) is 0 Å². The van der Waals surface area contributed by atoms with Crippen molar-refractivity contribution in [1.29, 1.82) is 0 Å². The molecular weight excluding hydrogens is 186 g/mol. The van der Waals surface area contributed by atoms with Gasteiger partial charge in [0.25, 0.3) is 0 Å². The van der Waals surface area contributed by atoms with Gasteiger partial charge < -0.3 is 10.8 Å².